The van der Waals surface area contributed by atoms with Crippen LogP contribution in [0.15, 0.2) is 36.5 Å². The standard InChI is InChI=1S/C22H26N6O2/c1-22(2,3)19-12-18(28(4)27-19)21(30)26-17(20(29)24-10-9-23)11-14-13-25-16-8-6-5-7-15(14)16/h5-8,12-13,17,25H,10-11H2,1-4H3,(H,24,29)(H,26,30). The van der Waals surface area contributed by atoms with Crippen LogP contribution in [-0.4, -0.2) is 39.2 Å². The van der Waals surface area contributed by atoms with Gasteiger partial charge in [0, 0.05) is 36.0 Å². The number of hydrogen-bond donors (Lipinski definition) is 3. The summed E-state index contributed by atoms with van der Waals surface area (Å²) in [4.78, 5) is 28.8. The zero-order chi connectivity index (χ0) is 21.9. The molecule has 30 heavy (non-hydrogen) atoms. The number of amides is 2. The van der Waals surface area contributed by atoms with Crippen LogP contribution in [0.1, 0.15) is 42.5 Å². The Morgan fingerprint density at radius 2 is 2.03 bits per heavy atom. The van der Waals surface area contributed by atoms with E-state index in [0.717, 1.165) is 22.2 Å². The van der Waals surface area contributed by atoms with Gasteiger partial charge in [0.25, 0.3) is 5.91 Å². The lowest BCUT2D eigenvalue weighted by Crippen LogP contribution is -2.48. The summed E-state index contributed by atoms with van der Waals surface area (Å²) in [5, 5.41) is 19.6. The lowest BCUT2D eigenvalue weighted by molar-refractivity contribution is -0.122. The van der Waals surface area contributed by atoms with Crippen molar-refractivity contribution in [2.24, 2.45) is 7.05 Å². The quantitative estimate of drug-likeness (QED) is 0.544. The number of benzene rings is 1. The number of hydrogen-bond acceptors (Lipinski definition) is 4. The molecule has 0 aliphatic carbocycles. The van der Waals surface area contributed by atoms with E-state index in [4.69, 9.17) is 5.26 Å². The molecule has 0 aliphatic rings. The first-order valence-corrected chi connectivity index (χ1v) is 9.75. The van der Waals surface area contributed by atoms with Gasteiger partial charge in [-0.3, -0.25) is 14.3 Å². The normalized spacial score (nSPS) is 12.4. The van der Waals surface area contributed by atoms with Crippen LogP contribution in [-0.2, 0) is 23.7 Å². The predicted molar refractivity (Wildman–Crippen MR) is 114 cm³/mol. The molecule has 0 spiro atoms. The summed E-state index contributed by atoms with van der Waals surface area (Å²) in [6, 6.07) is 10.6. The number of para-hydroxylation sites is 1. The first kappa shape index (κ1) is 21.1. The molecule has 8 nitrogen and oxygen atoms in total. The van der Waals surface area contributed by atoms with Crippen molar-refractivity contribution < 1.29 is 9.59 Å². The molecule has 0 aliphatic heterocycles. The molecule has 2 aromatic heterocycles. The zero-order valence-corrected chi connectivity index (χ0v) is 17.6. The van der Waals surface area contributed by atoms with E-state index < -0.39 is 17.9 Å². The number of nitrogens with zero attached hydrogens (tertiary/aromatic N) is 3. The number of aryl methyl sites for hydroxylation is 1. The fourth-order valence-electron chi connectivity index (χ4n) is 3.26. The third kappa shape index (κ3) is 4.51. The maximum atomic E-state index is 13.0. The van der Waals surface area contributed by atoms with Crippen LogP contribution < -0.4 is 10.6 Å². The molecule has 0 saturated heterocycles. The number of H-pyrrole nitrogens is 1. The molecule has 3 N–H and O–H groups in total. The molecule has 156 valence electrons. The highest BCUT2D eigenvalue weighted by molar-refractivity contribution is 5.97. The Hall–Kier alpha value is -3.60. The summed E-state index contributed by atoms with van der Waals surface area (Å²) in [7, 11) is 1.70. The third-order valence-corrected chi connectivity index (χ3v) is 4.94. The van der Waals surface area contributed by atoms with Crippen molar-refractivity contribution in [3.05, 3.63) is 53.5 Å². The van der Waals surface area contributed by atoms with E-state index in [-0.39, 0.29) is 18.4 Å². The van der Waals surface area contributed by atoms with Crippen LogP contribution in [0.5, 0.6) is 0 Å². The van der Waals surface area contributed by atoms with Crippen LogP contribution in [0.2, 0.25) is 0 Å². The average Bonchev–Trinajstić information content (AvgIpc) is 3.29. The molecule has 0 fully saturated rings. The second-order valence-electron chi connectivity index (χ2n) is 8.25. The average molecular weight is 406 g/mol. The van der Waals surface area contributed by atoms with Gasteiger partial charge in [-0.1, -0.05) is 39.0 Å². The van der Waals surface area contributed by atoms with Crippen LogP contribution in [0.25, 0.3) is 10.9 Å². The second-order valence-corrected chi connectivity index (χ2v) is 8.25. The van der Waals surface area contributed by atoms with Crippen molar-refractivity contribution in [2.75, 3.05) is 6.54 Å². The topological polar surface area (TPSA) is 116 Å². The fraction of sp³-hybridized carbons (Fsp3) is 0.364. The molecule has 1 unspecified atom stereocenters. The van der Waals surface area contributed by atoms with E-state index in [9.17, 15) is 9.59 Å². The van der Waals surface area contributed by atoms with E-state index in [2.05, 4.69) is 20.7 Å². The van der Waals surface area contributed by atoms with Crippen molar-refractivity contribution in [3.8, 4) is 6.07 Å². The Balaban J connectivity index is 1.86. The van der Waals surface area contributed by atoms with Gasteiger partial charge in [0.1, 0.15) is 18.3 Å². The van der Waals surface area contributed by atoms with Crippen molar-refractivity contribution in [1.29, 1.82) is 5.26 Å². The number of carbonyl (C=O) groups is 2. The van der Waals surface area contributed by atoms with Gasteiger partial charge in [-0.15, -0.1) is 0 Å². The lowest BCUT2D eigenvalue weighted by atomic mass is 9.92. The number of nitriles is 1. The second kappa shape index (κ2) is 8.41. The maximum Gasteiger partial charge on any atom is 0.270 e. The summed E-state index contributed by atoms with van der Waals surface area (Å²) < 4.78 is 1.52. The lowest BCUT2D eigenvalue weighted by Gasteiger charge is -2.17. The molecule has 1 aromatic carbocycles. The minimum Gasteiger partial charge on any atom is -0.361 e. The monoisotopic (exact) mass is 406 g/mol. The minimum absolute atomic E-state index is 0.126. The number of aromatic amines is 1. The highest BCUT2D eigenvalue weighted by atomic mass is 16.2. The fourth-order valence-corrected chi connectivity index (χ4v) is 3.26. The first-order chi connectivity index (χ1) is 14.2. The van der Waals surface area contributed by atoms with Crippen molar-refractivity contribution in [1.82, 2.24) is 25.4 Å². The predicted octanol–water partition coefficient (Wildman–Crippen LogP) is 2.18. The Morgan fingerprint density at radius 3 is 2.70 bits per heavy atom. The first-order valence-electron chi connectivity index (χ1n) is 9.75. The van der Waals surface area contributed by atoms with Gasteiger partial charge in [0.05, 0.1) is 11.8 Å². The van der Waals surface area contributed by atoms with Gasteiger partial charge in [0.15, 0.2) is 0 Å². The molecular formula is C22H26N6O2. The minimum atomic E-state index is -0.835. The summed E-state index contributed by atoms with van der Waals surface area (Å²) >= 11 is 0. The molecule has 2 heterocycles. The van der Waals surface area contributed by atoms with Gasteiger partial charge >= 0.3 is 0 Å². The van der Waals surface area contributed by atoms with Crippen LogP contribution >= 0.6 is 0 Å². The van der Waals surface area contributed by atoms with Crippen LogP contribution in [0, 0.1) is 11.3 Å². The van der Waals surface area contributed by atoms with Gasteiger partial charge in [-0.2, -0.15) is 10.4 Å². The molecule has 3 rings (SSSR count). The van der Waals surface area contributed by atoms with Crippen molar-refractivity contribution in [3.63, 3.8) is 0 Å². The Morgan fingerprint density at radius 1 is 1.30 bits per heavy atom. The number of fused-ring (bicyclic) bond motifs is 1. The molecule has 2 amide bonds. The van der Waals surface area contributed by atoms with Gasteiger partial charge < -0.3 is 15.6 Å². The number of rotatable bonds is 6. The summed E-state index contributed by atoms with van der Waals surface area (Å²) in [5.74, 6) is -0.800. The largest absolute Gasteiger partial charge is 0.361 e. The molecular weight excluding hydrogens is 380 g/mol. The maximum absolute atomic E-state index is 13.0. The van der Waals surface area contributed by atoms with Crippen molar-refractivity contribution in [2.45, 2.75) is 38.6 Å². The smallest absolute Gasteiger partial charge is 0.270 e. The van der Waals surface area contributed by atoms with Gasteiger partial charge in [0.2, 0.25) is 5.91 Å². The highest BCUT2D eigenvalue weighted by Crippen LogP contribution is 2.22. The summed E-state index contributed by atoms with van der Waals surface area (Å²) in [6.45, 7) is 5.93. The van der Waals surface area contributed by atoms with Crippen molar-refractivity contribution >= 4 is 22.7 Å². The van der Waals surface area contributed by atoms with E-state index in [0.29, 0.717) is 5.69 Å². The van der Waals surface area contributed by atoms with Crippen LogP contribution in [0.4, 0.5) is 0 Å². The molecule has 0 radical (unpaired) electrons. The van der Waals surface area contributed by atoms with Gasteiger partial charge in [-0.05, 0) is 17.7 Å². The Bertz CT molecular complexity index is 1110. The molecule has 0 bridgehead atoms. The number of carbonyl (C=O) groups excluding carboxylic acids is 2. The van der Waals surface area contributed by atoms with Crippen LogP contribution in [0.3, 0.4) is 0 Å². The molecule has 3 aromatic rings. The van der Waals surface area contributed by atoms with E-state index in [1.807, 2.05) is 57.3 Å². The molecule has 8 heteroatoms. The SMILES string of the molecule is Cn1nc(C(C)(C)C)cc1C(=O)NC(Cc1c[nH]c2ccccc12)C(=O)NCC#N. The van der Waals surface area contributed by atoms with E-state index in [1.54, 1.807) is 13.1 Å². The molecule has 1 atom stereocenters. The number of nitrogens with one attached hydrogen (secondary N) is 3. The Labute approximate surface area is 175 Å². The van der Waals surface area contributed by atoms with E-state index >= 15 is 0 Å². The highest BCUT2D eigenvalue weighted by Gasteiger charge is 2.26. The zero-order valence-electron chi connectivity index (χ0n) is 17.6. The van der Waals surface area contributed by atoms with E-state index in [1.165, 1.54) is 4.68 Å². The summed E-state index contributed by atoms with van der Waals surface area (Å²) in [5.41, 5.74) is 2.82. The third-order valence-electron chi connectivity index (χ3n) is 4.94. The molecule has 0 saturated carbocycles. The number of aromatic nitrogens is 3. The summed E-state index contributed by atoms with van der Waals surface area (Å²) in [6.07, 6.45) is 2.13. The Kier molecular flexibility index (Phi) is 5.92. The van der Waals surface area contributed by atoms with Gasteiger partial charge in [-0.25, -0.2) is 0 Å².